The summed E-state index contributed by atoms with van der Waals surface area (Å²) in [6.07, 6.45) is -2.89. The van der Waals surface area contributed by atoms with Gasteiger partial charge in [0.05, 0.1) is 13.2 Å². The van der Waals surface area contributed by atoms with Crippen LogP contribution in [0.1, 0.15) is 26.3 Å². The van der Waals surface area contributed by atoms with Gasteiger partial charge in [0.2, 0.25) is 0 Å². The Morgan fingerprint density at radius 1 is 1.15 bits per heavy atom. The normalized spacial score (nSPS) is 15.3. The van der Waals surface area contributed by atoms with E-state index < -0.39 is 19.8 Å². The molecule has 0 fully saturated rings. The lowest BCUT2D eigenvalue weighted by Crippen LogP contribution is -2.33. The van der Waals surface area contributed by atoms with Crippen LogP contribution in [0.4, 0.5) is 8.78 Å². The number of hydrogen-bond acceptors (Lipinski definition) is 4. The molecule has 1 aromatic carbocycles. The molecule has 0 saturated carbocycles. The van der Waals surface area contributed by atoms with Crippen molar-refractivity contribution in [1.29, 1.82) is 0 Å². The quantitative estimate of drug-likeness (QED) is 0.669. The second kappa shape index (κ2) is 7.27. The second-order valence-corrected chi connectivity index (χ2v) is 5.74. The van der Waals surface area contributed by atoms with Gasteiger partial charge in [0.25, 0.3) is 6.43 Å². The minimum atomic E-state index is -4.04. The van der Waals surface area contributed by atoms with E-state index in [1.807, 2.05) is 0 Å². The Morgan fingerprint density at radius 2 is 1.65 bits per heavy atom. The predicted octanol–water partition coefficient (Wildman–Crippen LogP) is 4.36. The standard InChI is InChI=1S/C13H19F2O4P/c1-4-17-20(16,18-5-2)19-13(3,12(14)15)11-9-7-6-8-10-11/h6-10,12H,4-5H2,1-3H3/t13-/m1/s1. The van der Waals surface area contributed by atoms with Gasteiger partial charge < -0.3 is 0 Å². The van der Waals surface area contributed by atoms with Crippen LogP contribution in [0.2, 0.25) is 0 Å². The Morgan fingerprint density at radius 3 is 2.05 bits per heavy atom. The molecule has 1 atom stereocenters. The lowest BCUT2D eigenvalue weighted by atomic mass is 9.97. The van der Waals surface area contributed by atoms with Crippen molar-refractivity contribution < 1.29 is 26.9 Å². The van der Waals surface area contributed by atoms with E-state index in [0.29, 0.717) is 0 Å². The van der Waals surface area contributed by atoms with Crippen LogP contribution in [0.3, 0.4) is 0 Å². The smallest absolute Gasteiger partial charge is 0.287 e. The van der Waals surface area contributed by atoms with Crippen molar-refractivity contribution >= 4 is 7.82 Å². The summed E-state index contributed by atoms with van der Waals surface area (Å²) in [5.41, 5.74) is -1.86. The molecule has 0 aliphatic rings. The highest BCUT2D eigenvalue weighted by molar-refractivity contribution is 7.48. The second-order valence-electron chi connectivity index (χ2n) is 4.15. The summed E-state index contributed by atoms with van der Waals surface area (Å²) in [6.45, 7) is 4.39. The van der Waals surface area contributed by atoms with Crippen molar-refractivity contribution in [3.05, 3.63) is 35.9 Å². The summed E-state index contributed by atoms with van der Waals surface area (Å²) in [4.78, 5) is 0. The Kier molecular flexibility index (Phi) is 6.27. The first-order chi connectivity index (χ1) is 9.38. The van der Waals surface area contributed by atoms with Gasteiger partial charge in [-0.15, -0.1) is 0 Å². The van der Waals surface area contributed by atoms with Crippen molar-refractivity contribution in [2.75, 3.05) is 13.2 Å². The van der Waals surface area contributed by atoms with Gasteiger partial charge in [-0.1, -0.05) is 30.3 Å². The Labute approximate surface area is 117 Å². The predicted molar refractivity (Wildman–Crippen MR) is 71.7 cm³/mol. The van der Waals surface area contributed by atoms with Gasteiger partial charge in [0.1, 0.15) is 0 Å². The zero-order valence-corrected chi connectivity index (χ0v) is 12.6. The number of hydrogen-bond donors (Lipinski definition) is 0. The minimum Gasteiger partial charge on any atom is -0.287 e. The summed E-state index contributed by atoms with van der Waals surface area (Å²) >= 11 is 0. The van der Waals surface area contributed by atoms with Crippen LogP contribution in [0.5, 0.6) is 0 Å². The third-order valence-corrected chi connectivity index (χ3v) is 4.39. The monoisotopic (exact) mass is 308 g/mol. The van der Waals surface area contributed by atoms with Crippen LogP contribution in [0.15, 0.2) is 30.3 Å². The number of phosphoric acid groups is 1. The van der Waals surface area contributed by atoms with Crippen LogP contribution in [-0.2, 0) is 23.7 Å². The summed E-state index contributed by atoms with van der Waals surface area (Å²) < 4.78 is 54.1. The molecular weight excluding hydrogens is 289 g/mol. The Bertz CT molecular complexity index is 445. The van der Waals surface area contributed by atoms with E-state index in [1.165, 1.54) is 12.1 Å². The largest absolute Gasteiger partial charge is 0.475 e. The molecule has 0 unspecified atom stereocenters. The molecule has 1 rings (SSSR count). The molecule has 0 bridgehead atoms. The fraction of sp³-hybridized carbons (Fsp3) is 0.538. The molecule has 0 aliphatic heterocycles. The molecule has 0 spiro atoms. The van der Waals surface area contributed by atoms with E-state index >= 15 is 0 Å². The first-order valence-corrected chi connectivity index (χ1v) is 7.77. The Hall–Kier alpha value is -0.810. The van der Waals surface area contributed by atoms with Gasteiger partial charge in [-0.3, -0.25) is 13.6 Å². The van der Waals surface area contributed by atoms with Gasteiger partial charge in [0, 0.05) is 0 Å². The van der Waals surface area contributed by atoms with Crippen molar-refractivity contribution in [2.24, 2.45) is 0 Å². The average Bonchev–Trinajstić information content (AvgIpc) is 2.39. The highest BCUT2D eigenvalue weighted by Crippen LogP contribution is 2.56. The van der Waals surface area contributed by atoms with Gasteiger partial charge in [-0.2, -0.15) is 0 Å². The van der Waals surface area contributed by atoms with Crippen LogP contribution in [0, 0.1) is 0 Å². The number of alkyl halides is 2. The molecule has 114 valence electrons. The minimum absolute atomic E-state index is 0.0331. The van der Waals surface area contributed by atoms with Gasteiger partial charge >= 0.3 is 7.82 Å². The number of benzene rings is 1. The maximum atomic E-state index is 13.4. The highest BCUT2D eigenvalue weighted by Gasteiger charge is 2.45. The van der Waals surface area contributed by atoms with Crippen LogP contribution in [0.25, 0.3) is 0 Å². The number of halogens is 2. The van der Waals surface area contributed by atoms with Crippen LogP contribution < -0.4 is 0 Å². The summed E-state index contributed by atoms with van der Waals surface area (Å²) in [5.74, 6) is 0. The highest BCUT2D eigenvalue weighted by atomic mass is 31.2. The van der Waals surface area contributed by atoms with Crippen molar-refractivity contribution in [3.63, 3.8) is 0 Å². The number of rotatable bonds is 8. The maximum Gasteiger partial charge on any atom is 0.475 e. The van der Waals surface area contributed by atoms with Crippen LogP contribution >= 0.6 is 7.82 Å². The Balaban J connectivity index is 3.11. The SMILES string of the molecule is CCOP(=O)(OCC)O[C@](C)(c1ccccc1)C(F)F. The molecule has 7 heteroatoms. The lowest BCUT2D eigenvalue weighted by Gasteiger charge is -2.32. The van der Waals surface area contributed by atoms with E-state index in [4.69, 9.17) is 13.6 Å². The van der Waals surface area contributed by atoms with Gasteiger partial charge in [0.15, 0.2) is 5.60 Å². The van der Waals surface area contributed by atoms with E-state index in [1.54, 1.807) is 32.0 Å². The van der Waals surface area contributed by atoms with E-state index in [2.05, 4.69) is 0 Å². The fourth-order valence-electron chi connectivity index (χ4n) is 1.63. The van der Waals surface area contributed by atoms with Crippen molar-refractivity contribution in [3.8, 4) is 0 Å². The summed E-state index contributed by atoms with van der Waals surface area (Å²) in [6, 6.07) is 7.86. The molecule has 0 heterocycles. The first kappa shape index (κ1) is 17.2. The molecule has 0 saturated heterocycles. The van der Waals surface area contributed by atoms with E-state index in [9.17, 15) is 13.3 Å². The summed E-state index contributed by atoms with van der Waals surface area (Å²) in [5, 5.41) is 0. The maximum absolute atomic E-state index is 13.4. The zero-order chi connectivity index (χ0) is 15.2. The van der Waals surface area contributed by atoms with Crippen molar-refractivity contribution in [2.45, 2.75) is 32.8 Å². The molecule has 4 nitrogen and oxygen atoms in total. The third-order valence-electron chi connectivity index (χ3n) is 2.64. The molecule has 20 heavy (non-hydrogen) atoms. The van der Waals surface area contributed by atoms with Crippen molar-refractivity contribution in [1.82, 2.24) is 0 Å². The molecule has 0 aromatic heterocycles. The topological polar surface area (TPSA) is 44.8 Å². The fourth-order valence-corrected chi connectivity index (χ4v) is 3.09. The van der Waals surface area contributed by atoms with E-state index in [0.717, 1.165) is 6.92 Å². The lowest BCUT2D eigenvalue weighted by molar-refractivity contribution is -0.0893. The third kappa shape index (κ3) is 4.09. The molecule has 0 radical (unpaired) electrons. The molecule has 0 amide bonds. The van der Waals surface area contributed by atoms with Crippen LogP contribution in [-0.4, -0.2) is 19.6 Å². The zero-order valence-electron chi connectivity index (χ0n) is 11.7. The molecule has 0 N–H and O–H groups in total. The number of phosphoric ester groups is 1. The van der Waals surface area contributed by atoms with Gasteiger partial charge in [-0.05, 0) is 26.3 Å². The average molecular weight is 308 g/mol. The molecule has 1 aromatic rings. The molecule has 0 aliphatic carbocycles. The van der Waals surface area contributed by atoms with Gasteiger partial charge in [-0.25, -0.2) is 13.3 Å². The summed E-state index contributed by atoms with van der Waals surface area (Å²) in [7, 11) is -4.04. The van der Waals surface area contributed by atoms with E-state index in [-0.39, 0.29) is 18.8 Å². The first-order valence-electron chi connectivity index (χ1n) is 6.31. The molecular formula is C13H19F2O4P.